The molecule has 164 valence electrons. The number of carbonyl (C=O) groups excluding carboxylic acids is 2. The van der Waals surface area contributed by atoms with Gasteiger partial charge < -0.3 is 5.11 Å². The summed E-state index contributed by atoms with van der Waals surface area (Å²) in [5, 5.41) is 12.0. The monoisotopic (exact) mass is 495 g/mol. The topological polar surface area (TPSA) is 83.4 Å². The van der Waals surface area contributed by atoms with Crippen LogP contribution in [0, 0.1) is 6.92 Å². The Morgan fingerprint density at radius 1 is 1.03 bits per heavy atom. The van der Waals surface area contributed by atoms with E-state index in [9.17, 15) is 14.7 Å². The first-order chi connectivity index (χ1) is 15.8. The maximum Gasteiger partial charge on any atom is 0.301 e. The van der Waals surface area contributed by atoms with Gasteiger partial charge in [0.05, 0.1) is 31.9 Å². The van der Waals surface area contributed by atoms with Crippen molar-refractivity contribution in [2.24, 2.45) is 0 Å². The van der Waals surface area contributed by atoms with Gasteiger partial charge in [0, 0.05) is 18.0 Å². The Balaban J connectivity index is 1.75. The number of fused-ring (bicyclic) bond motifs is 1. The van der Waals surface area contributed by atoms with Crippen LogP contribution in [0.25, 0.3) is 16.0 Å². The number of hydrogen-bond donors (Lipinski definition) is 1. The van der Waals surface area contributed by atoms with Gasteiger partial charge in [0.2, 0.25) is 0 Å². The number of aliphatic hydroxyl groups is 1. The Hall–Kier alpha value is -3.26. The number of pyridine rings is 1. The third-order valence-corrected chi connectivity index (χ3v) is 7.15. The van der Waals surface area contributed by atoms with E-state index in [0.29, 0.717) is 26.8 Å². The van der Waals surface area contributed by atoms with Gasteiger partial charge >= 0.3 is 5.91 Å². The fraction of sp³-hybridized carbons (Fsp3) is 0.0833. The predicted octanol–water partition coefficient (Wildman–Crippen LogP) is 5.93. The van der Waals surface area contributed by atoms with Crippen LogP contribution < -0.4 is 4.90 Å². The molecule has 4 aromatic rings. The van der Waals surface area contributed by atoms with E-state index in [1.165, 1.54) is 28.6 Å². The molecule has 1 unspecified atom stereocenters. The molecule has 1 aliphatic rings. The fourth-order valence-corrected chi connectivity index (χ4v) is 5.21. The number of halogens is 2. The van der Waals surface area contributed by atoms with Gasteiger partial charge in [-0.1, -0.05) is 46.7 Å². The minimum Gasteiger partial charge on any atom is -0.507 e. The zero-order valence-electron chi connectivity index (χ0n) is 17.1. The van der Waals surface area contributed by atoms with Gasteiger partial charge in [-0.3, -0.25) is 19.5 Å². The number of Topliss-reactive ketones (excluding diaryl/α,β-unsaturated/α-hetero) is 1. The molecule has 2 aromatic heterocycles. The lowest BCUT2D eigenvalue weighted by atomic mass is 9.95. The van der Waals surface area contributed by atoms with Gasteiger partial charge in [-0.15, -0.1) is 0 Å². The largest absolute Gasteiger partial charge is 0.507 e. The molecule has 1 atom stereocenters. The third kappa shape index (κ3) is 3.68. The highest BCUT2D eigenvalue weighted by atomic mass is 35.5. The van der Waals surface area contributed by atoms with Crippen LogP contribution in [0.2, 0.25) is 10.0 Å². The maximum atomic E-state index is 13.3. The summed E-state index contributed by atoms with van der Waals surface area (Å²) in [6.07, 6.45) is 2.99. The first-order valence-corrected chi connectivity index (χ1v) is 11.5. The van der Waals surface area contributed by atoms with Crippen molar-refractivity contribution in [1.29, 1.82) is 0 Å². The van der Waals surface area contributed by atoms with Crippen molar-refractivity contribution >= 4 is 67.3 Å². The number of anilines is 1. The molecule has 1 fully saturated rings. The Kier molecular flexibility index (Phi) is 5.40. The summed E-state index contributed by atoms with van der Waals surface area (Å²) in [4.78, 5) is 36.3. The summed E-state index contributed by atoms with van der Waals surface area (Å²) in [7, 11) is 0. The summed E-state index contributed by atoms with van der Waals surface area (Å²) < 4.78 is 0.883. The number of aryl methyl sites for hydroxylation is 1. The van der Waals surface area contributed by atoms with E-state index in [2.05, 4.69) is 9.97 Å². The second-order valence-electron chi connectivity index (χ2n) is 7.55. The zero-order chi connectivity index (χ0) is 23.3. The highest BCUT2D eigenvalue weighted by Crippen LogP contribution is 2.45. The van der Waals surface area contributed by atoms with Gasteiger partial charge in [-0.25, -0.2) is 4.98 Å². The van der Waals surface area contributed by atoms with Crippen LogP contribution in [0.4, 0.5) is 5.13 Å². The van der Waals surface area contributed by atoms with Crippen molar-refractivity contribution in [2.45, 2.75) is 13.0 Å². The highest BCUT2D eigenvalue weighted by molar-refractivity contribution is 7.22. The minimum atomic E-state index is -0.936. The molecule has 5 rings (SSSR count). The number of nitrogens with zero attached hydrogens (tertiary/aromatic N) is 3. The Labute approximate surface area is 202 Å². The lowest BCUT2D eigenvalue weighted by molar-refractivity contribution is -0.132. The first-order valence-electron chi connectivity index (χ1n) is 9.88. The number of aliphatic hydroxyl groups excluding tert-OH is 1. The molecule has 1 saturated heterocycles. The summed E-state index contributed by atoms with van der Waals surface area (Å²) in [5.74, 6) is -1.89. The number of benzene rings is 2. The molecule has 2 aromatic carbocycles. The first kappa shape index (κ1) is 21.6. The predicted molar refractivity (Wildman–Crippen MR) is 130 cm³/mol. The number of rotatable bonds is 3. The molecule has 0 aliphatic carbocycles. The lowest BCUT2D eigenvalue weighted by Crippen LogP contribution is -2.29. The minimum absolute atomic E-state index is 0.0555. The number of aromatic nitrogens is 2. The average molecular weight is 496 g/mol. The maximum absolute atomic E-state index is 13.3. The van der Waals surface area contributed by atoms with Crippen molar-refractivity contribution in [3.05, 3.63) is 93.2 Å². The van der Waals surface area contributed by atoms with E-state index < -0.39 is 17.7 Å². The number of carbonyl (C=O) groups is 2. The quantitative estimate of drug-likeness (QED) is 0.216. The van der Waals surface area contributed by atoms with Crippen LogP contribution in [0.15, 0.2) is 66.5 Å². The van der Waals surface area contributed by atoms with Crippen LogP contribution in [0.3, 0.4) is 0 Å². The van der Waals surface area contributed by atoms with Gasteiger partial charge in [0.15, 0.2) is 5.13 Å². The summed E-state index contributed by atoms with van der Waals surface area (Å²) in [6.45, 7) is 1.97. The van der Waals surface area contributed by atoms with Crippen molar-refractivity contribution in [3.63, 3.8) is 0 Å². The molecule has 6 nitrogen and oxygen atoms in total. The number of ketones is 1. The van der Waals surface area contributed by atoms with Crippen LogP contribution >= 0.6 is 34.5 Å². The van der Waals surface area contributed by atoms with Crippen molar-refractivity contribution in [1.82, 2.24) is 9.97 Å². The Morgan fingerprint density at radius 2 is 1.79 bits per heavy atom. The Morgan fingerprint density at radius 3 is 2.52 bits per heavy atom. The molecule has 1 aliphatic heterocycles. The number of hydrogen-bond acceptors (Lipinski definition) is 6. The summed E-state index contributed by atoms with van der Waals surface area (Å²) in [5.41, 5.74) is 2.60. The molecule has 1 N–H and O–H groups in total. The molecule has 0 bridgehead atoms. The van der Waals surface area contributed by atoms with Crippen molar-refractivity contribution < 1.29 is 14.7 Å². The molecule has 3 heterocycles. The molecule has 1 amide bonds. The van der Waals surface area contributed by atoms with E-state index in [4.69, 9.17) is 23.2 Å². The van der Waals surface area contributed by atoms with Gasteiger partial charge in [0.1, 0.15) is 5.76 Å². The van der Waals surface area contributed by atoms with Gasteiger partial charge in [-0.2, -0.15) is 0 Å². The molecule has 0 saturated carbocycles. The van der Waals surface area contributed by atoms with E-state index in [0.717, 1.165) is 10.3 Å². The van der Waals surface area contributed by atoms with E-state index in [1.807, 2.05) is 25.1 Å². The van der Waals surface area contributed by atoms with Crippen LogP contribution in [-0.4, -0.2) is 26.8 Å². The molecular weight excluding hydrogens is 481 g/mol. The van der Waals surface area contributed by atoms with Crippen LogP contribution in [0.1, 0.15) is 22.7 Å². The smallest absolute Gasteiger partial charge is 0.301 e. The Bertz CT molecular complexity index is 1470. The highest BCUT2D eigenvalue weighted by Gasteiger charge is 2.48. The summed E-state index contributed by atoms with van der Waals surface area (Å²) >= 11 is 13.7. The van der Waals surface area contributed by atoms with Crippen molar-refractivity contribution in [2.75, 3.05) is 4.90 Å². The van der Waals surface area contributed by atoms with Crippen molar-refractivity contribution in [3.8, 4) is 0 Å². The van der Waals surface area contributed by atoms with Gasteiger partial charge in [-0.05, 0) is 54.4 Å². The fourth-order valence-electron chi connectivity index (χ4n) is 3.82. The second-order valence-corrected chi connectivity index (χ2v) is 9.37. The molecular formula is C24H15Cl2N3O3S. The van der Waals surface area contributed by atoms with E-state index >= 15 is 0 Å². The van der Waals surface area contributed by atoms with Crippen LogP contribution in [0.5, 0.6) is 0 Å². The number of amides is 1. The summed E-state index contributed by atoms with van der Waals surface area (Å²) in [6, 6.07) is 12.8. The lowest BCUT2D eigenvalue weighted by Gasteiger charge is -2.23. The van der Waals surface area contributed by atoms with E-state index in [1.54, 1.807) is 30.3 Å². The molecule has 9 heteroatoms. The third-order valence-electron chi connectivity index (χ3n) is 5.40. The SMILES string of the molecule is Cc1ccc2nc(N3C(=O)C(=O)C(=C(O)c4ccncc4)C3c3ccc(Cl)c(Cl)c3)sc2c1. The van der Waals surface area contributed by atoms with Crippen LogP contribution in [-0.2, 0) is 9.59 Å². The molecule has 0 spiro atoms. The van der Waals surface area contributed by atoms with E-state index in [-0.39, 0.29) is 16.4 Å². The normalized spacial score (nSPS) is 17.8. The number of thiazole rings is 1. The average Bonchev–Trinajstić information content (AvgIpc) is 3.33. The second kappa shape index (κ2) is 8.26. The standard InChI is InChI=1S/C24H15Cl2N3O3S/c1-12-2-5-17-18(10-12)33-24(28-17)29-20(14-3-4-15(25)16(26)11-14)19(22(31)23(29)32)21(30)13-6-8-27-9-7-13/h2-11,20,30H,1H3. The molecule has 33 heavy (non-hydrogen) atoms. The van der Waals surface area contributed by atoms with Gasteiger partial charge in [0.25, 0.3) is 5.78 Å². The zero-order valence-corrected chi connectivity index (χ0v) is 19.4. The molecule has 0 radical (unpaired) electrons.